The predicted molar refractivity (Wildman–Crippen MR) is 123 cm³/mol. The van der Waals surface area contributed by atoms with Crippen molar-refractivity contribution in [2.24, 2.45) is 10.9 Å². The number of morpholine rings is 1. The van der Waals surface area contributed by atoms with Gasteiger partial charge >= 0.3 is 0 Å². The van der Waals surface area contributed by atoms with Gasteiger partial charge in [0.15, 0.2) is 5.96 Å². The number of rotatable bonds is 7. The summed E-state index contributed by atoms with van der Waals surface area (Å²) in [4.78, 5) is 7.40. The number of hydrogen-bond donors (Lipinski definition) is 2. The Kier molecular flexibility index (Phi) is 8.54. The third-order valence-electron chi connectivity index (χ3n) is 6.22. The summed E-state index contributed by atoms with van der Waals surface area (Å²) in [7, 11) is 0. The van der Waals surface area contributed by atoms with E-state index in [2.05, 4.69) is 67.5 Å². The minimum absolute atomic E-state index is 0.0184. The molecule has 1 aromatic carbocycles. The zero-order valence-electron chi connectivity index (χ0n) is 19.2. The fraction of sp³-hybridized carbons (Fsp3) is 0.708. The molecule has 2 saturated heterocycles. The minimum atomic E-state index is 0.0184. The summed E-state index contributed by atoms with van der Waals surface area (Å²) < 4.78 is 11.7. The monoisotopic (exact) mass is 416 g/mol. The molecule has 6 nitrogen and oxygen atoms in total. The Bertz CT molecular complexity index is 668. The van der Waals surface area contributed by atoms with Crippen molar-refractivity contribution in [2.45, 2.75) is 52.2 Å². The van der Waals surface area contributed by atoms with E-state index in [4.69, 9.17) is 14.5 Å². The van der Waals surface area contributed by atoms with E-state index in [1.807, 2.05) is 0 Å². The van der Waals surface area contributed by atoms with E-state index >= 15 is 0 Å². The van der Waals surface area contributed by atoms with Crippen LogP contribution in [0.25, 0.3) is 0 Å². The highest BCUT2D eigenvalue weighted by Gasteiger charge is 2.29. The van der Waals surface area contributed by atoms with E-state index in [9.17, 15) is 0 Å². The van der Waals surface area contributed by atoms with Crippen LogP contribution in [0.4, 0.5) is 0 Å². The van der Waals surface area contributed by atoms with Gasteiger partial charge in [-0.25, -0.2) is 0 Å². The standard InChI is InChI=1S/C24H40N4O2/c1-5-25-23(27-18-24(3,4)28-12-15-29-16-13-28)26-17-21-7-6-14-30-22(21)20-10-8-19(2)9-11-20/h8-11,21-22H,5-7,12-18H2,1-4H3,(H2,25,26,27). The largest absolute Gasteiger partial charge is 0.379 e. The Morgan fingerprint density at radius 3 is 2.57 bits per heavy atom. The summed E-state index contributed by atoms with van der Waals surface area (Å²) >= 11 is 0. The van der Waals surface area contributed by atoms with Gasteiger partial charge in [-0.05, 0) is 46.1 Å². The van der Waals surface area contributed by atoms with Crippen LogP contribution in [0.3, 0.4) is 0 Å². The SMILES string of the molecule is CCNC(=NCC(C)(C)N1CCOCC1)NCC1CCCOC1c1ccc(C)cc1. The number of nitrogens with one attached hydrogen (secondary N) is 2. The van der Waals surface area contributed by atoms with Crippen molar-refractivity contribution in [1.29, 1.82) is 0 Å². The molecule has 2 aliphatic rings. The highest BCUT2D eigenvalue weighted by Crippen LogP contribution is 2.33. The molecular formula is C24H40N4O2. The molecule has 0 amide bonds. The Morgan fingerprint density at radius 2 is 1.87 bits per heavy atom. The normalized spacial score (nSPS) is 23.9. The lowest BCUT2D eigenvalue weighted by molar-refractivity contribution is -0.0265. The smallest absolute Gasteiger partial charge is 0.191 e. The van der Waals surface area contributed by atoms with E-state index in [1.54, 1.807) is 0 Å². The van der Waals surface area contributed by atoms with Gasteiger partial charge in [-0.3, -0.25) is 9.89 Å². The van der Waals surface area contributed by atoms with Crippen molar-refractivity contribution in [2.75, 3.05) is 52.5 Å². The van der Waals surface area contributed by atoms with Crippen molar-refractivity contribution in [3.05, 3.63) is 35.4 Å². The van der Waals surface area contributed by atoms with Gasteiger partial charge in [-0.1, -0.05) is 29.8 Å². The van der Waals surface area contributed by atoms with Gasteiger partial charge in [0.25, 0.3) is 0 Å². The van der Waals surface area contributed by atoms with Crippen molar-refractivity contribution in [1.82, 2.24) is 15.5 Å². The second kappa shape index (κ2) is 11.1. The van der Waals surface area contributed by atoms with Crippen LogP contribution in [0.1, 0.15) is 50.8 Å². The number of hydrogen-bond acceptors (Lipinski definition) is 4. The van der Waals surface area contributed by atoms with Crippen LogP contribution in [0.15, 0.2) is 29.3 Å². The molecule has 168 valence electrons. The molecule has 2 aliphatic heterocycles. The second-order valence-corrected chi connectivity index (χ2v) is 9.09. The lowest BCUT2D eigenvalue weighted by atomic mass is 9.89. The topological polar surface area (TPSA) is 58.1 Å². The predicted octanol–water partition coefficient (Wildman–Crippen LogP) is 3.13. The molecule has 0 aliphatic carbocycles. The molecule has 0 aromatic heterocycles. The first kappa shape index (κ1) is 23.0. The number of benzene rings is 1. The zero-order valence-corrected chi connectivity index (χ0v) is 19.2. The number of aliphatic imine (C=N–C) groups is 1. The number of guanidine groups is 1. The maximum atomic E-state index is 6.18. The lowest BCUT2D eigenvalue weighted by Gasteiger charge is -2.40. The van der Waals surface area contributed by atoms with Gasteiger partial charge in [0, 0.05) is 44.2 Å². The molecular weight excluding hydrogens is 376 g/mol. The maximum Gasteiger partial charge on any atom is 0.191 e. The third kappa shape index (κ3) is 6.43. The zero-order chi connectivity index (χ0) is 21.4. The minimum Gasteiger partial charge on any atom is -0.379 e. The molecule has 2 unspecified atom stereocenters. The van der Waals surface area contributed by atoms with Crippen LogP contribution < -0.4 is 10.6 Å². The van der Waals surface area contributed by atoms with E-state index in [0.717, 1.165) is 64.9 Å². The molecule has 0 radical (unpaired) electrons. The average Bonchev–Trinajstić information content (AvgIpc) is 2.77. The average molecular weight is 417 g/mol. The van der Waals surface area contributed by atoms with E-state index in [-0.39, 0.29) is 11.6 Å². The van der Waals surface area contributed by atoms with Crippen molar-refractivity contribution < 1.29 is 9.47 Å². The van der Waals surface area contributed by atoms with Crippen LogP contribution >= 0.6 is 0 Å². The van der Waals surface area contributed by atoms with Crippen LogP contribution in [-0.4, -0.2) is 68.9 Å². The quantitative estimate of drug-likeness (QED) is 0.528. The Morgan fingerprint density at radius 1 is 1.13 bits per heavy atom. The summed E-state index contributed by atoms with van der Waals surface area (Å²) in [6, 6.07) is 8.78. The van der Waals surface area contributed by atoms with Crippen LogP contribution in [0, 0.1) is 12.8 Å². The van der Waals surface area contributed by atoms with Gasteiger partial charge in [0.05, 0.1) is 25.9 Å². The molecule has 3 rings (SSSR count). The van der Waals surface area contributed by atoms with Gasteiger partial charge in [-0.15, -0.1) is 0 Å². The van der Waals surface area contributed by atoms with Crippen LogP contribution in [-0.2, 0) is 9.47 Å². The molecule has 0 saturated carbocycles. The molecule has 6 heteroatoms. The Labute approximate surface area is 182 Å². The molecule has 2 heterocycles. The van der Waals surface area contributed by atoms with Gasteiger partial charge in [0.2, 0.25) is 0 Å². The first-order valence-electron chi connectivity index (χ1n) is 11.5. The van der Waals surface area contributed by atoms with E-state index in [0.29, 0.717) is 5.92 Å². The third-order valence-corrected chi connectivity index (χ3v) is 6.22. The highest BCUT2D eigenvalue weighted by molar-refractivity contribution is 5.79. The number of nitrogens with zero attached hydrogens (tertiary/aromatic N) is 2. The van der Waals surface area contributed by atoms with Crippen molar-refractivity contribution in [3.8, 4) is 0 Å². The fourth-order valence-corrected chi connectivity index (χ4v) is 4.29. The highest BCUT2D eigenvalue weighted by atomic mass is 16.5. The molecule has 2 atom stereocenters. The van der Waals surface area contributed by atoms with E-state index < -0.39 is 0 Å². The summed E-state index contributed by atoms with van der Waals surface area (Å²) in [5.74, 6) is 1.34. The molecule has 0 spiro atoms. The molecule has 30 heavy (non-hydrogen) atoms. The first-order valence-corrected chi connectivity index (χ1v) is 11.5. The van der Waals surface area contributed by atoms with Gasteiger partial charge in [-0.2, -0.15) is 0 Å². The molecule has 0 bridgehead atoms. The summed E-state index contributed by atoms with van der Waals surface area (Å²) in [6.07, 6.45) is 2.44. The van der Waals surface area contributed by atoms with Gasteiger partial charge in [0.1, 0.15) is 0 Å². The van der Waals surface area contributed by atoms with E-state index in [1.165, 1.54) is 17.5 Å². The summed E-state index contributed by atoms with van der Waals surface area (Å²) in [6.45, 7) is 15.7. The van der Waals surface area contributed by atoms with Crippen molar-refractivity contribution in [3.63, 3.8) is 0 Å². The maximum absolute atomic E-state index is 6.18. The van der Waals surface area contributed by atoms with Gasteiger partial charge < -0.3 is 20.1 Å². The molecule has 2 N–H and O–H groups in total. The summed E-state index contributed by atoms with van der Waals surface area (Å²) in [5, 5.41) is 7.01. The molecule has 1 aromatic rings. The Balaban J connectivity index is 1.60. The number of aryl methyl sites for hydroxylation is 1. The van der Waals surface area contributed by atoms with Crippen LogP contribution in [0.2, 0.25) is 0 Å². The second-order valence-electron chi connectivity index (χ2n) is 9.09. The molecule has 2 fully saturated rings. The lowest BCUT2D eigenvalue weighted by Crippen LogP contribution is -2.52. The first-order chi connectivity index (χ1) is 14.5. The fourth-order valence-electron chi connectivity index (χ4n) is 4.29. The number of ether oxygens (including phenoxy) is 2. The summed E-state index contributed by atoms with van der Waals surface area (Å²) in [5.41, 5.74) is 2.58. The van der Waals surface area contributed by atoms with Crippen molar-refractivity contribution >= 4 is 5.96 Å². The van der Waals surface area contributed by atoms with Crippen LogP contribution in [0.5, 0.6) is 0 Å². The Hall–Kier alpha value is -1.63.